The molecule has 0 atom stereocenters. The Balaban J connectivity index is 2.72. The van der Waals surface area contributed by atoms with E-state index in [1.54, 1.807) is 0 Å². The maximum Gasteiger partial charge on any atom is 0.164 e. The van der Waals surface area contributed by atoms with E-state index < -0.39 is 0 Å². The van der Waals surface area contributed by atoms with Crippen LogP contribution in [0, 0.1) is 0 Å². The van der Waals surface area contributed by atoms with E-state index in [1.807, 2.05) is 12.1 Å². The van der Waals surface area contributed by atoms with Crippen LogP contribution in [0.15, 0.2) is 18.5 Å². The maximum absolute atomic E-state index is 5.66. The largest absolute Gasteiger partial charge is 0.383 e. The van der Waals surface area contributed by atoms with Gasteiger partial charge in [0.05, 0.1) is 5.39 Å². The molecule has 0 aliphatic heterocycles. The van der Waals surface area contributed by atoms with Crippen molar-refractivity contribution in [2.24, 2.45) is 0 Å². The normalized spacial score (nSPS) is 10.5. The number of aromatic nitrogens is 3. The summed E-state index contributed by atoms with van der Waals surface area (Å²) < 4.78 is 0. The van der Waals surface area contributed by atoms with Crippen LogP contribution in [0.5, 0.6) is 0 Å². The van der Waals surface area contributed by atoms with Crippen molar-refractivity contribution in [2.45, 2.75) is 13.3 Å². The zero-order valence-corrected chi connectivity index (χ0v) is 7.36. The summed E-state index contributed by atoms with van der Waals surface area (Å²) in [5.74, 6) is 0.486. The van der Waals surface area contributed by atoms with E-state index in [0.29, 0.717) is 11.5 Å². The molecule has 2 N–H and O–H groups in total. The molecule has 4 nitrogen and oxygen atoms in total. The number of nitrogens with zero attached hydrogens (tertiary/aromatic N) is 3. The molecule has 0 fully saturated rings. The predicted octanol–water partition coefficient (Wildman–Crippen LogP) is 1.17. The second-order valence-corrected chi connectivity index (χ2v) is 2.79. The summed E-state index contributed by atoms with van der Waals surface area (Å²) in [5, 5.41) is 0.819. The Bertz CT molecular complexity index is 439. The van der Waals surface area contributed by atoms with Crippen LogP contribution in [0.4, 0.5) is 5.82 Å². The highest BCUT2D eigenvalue weighted by Gasteiger charge is 2.01. The predicted molar refractivity (Wildman–Crippen MR) is 51.1 cm³/mol. The molecule has 2 heterocycles. The fourth-order valence-corrected chi connectivity index (χ4v) is 1.20. The third kappa shape index (κ3) is 1.30. The van der Waals surface area contributed by atoms with Crippen LogP contribution in [0.2, 0.25) is 0 Å². The van der Waals surface area contributed by atoms with Crippen molar-refractivity contribution in [2.75, 3.05) is 5.73 Å². The van der Waals surface area contributed by atoms with E-state index in [2.05, 4.69) is 21.9 Å². The number of nitrogens with two attached hydrogens (primary N) is 1. The second kappa shape index (κ2) is 2.97. The molecular weight excluding hydrogens is 164 g/mol. The van der Waals surface area contributed by atoms with E-state index in [1.165, 1.54) is 6.33 Å². The Kier molecular flexibility index (Phi) is 1.81. The van der Waals surface area contributed by atoms with Crippen molar-refractivity contribution in [1.82, 2.24) is 15.0 Å². The monoisotopic (exact) mass is 174 g/mol. The minimum absolute atomic E-state index is 0.486. The summed E-state index contributed by atoms with van der Waals surface area (Å²) in [4.78, 5) is 12.3. The molecule has 0 spiro atoms. The molecule has 66 valence electrons. The van der Waals surface area contributed by atoms with Gasteiger partial charge in [-0.15, -0.1) is 0 Å². The molecular formula is C9H10N4. The van der Waals surface area contributed by atoms with E-state index in [0.717, 1.165) is 17.5 Å². The highest BCUT2D eigenvalue weighted by atomic mass is 15.0. The Morgan fingerprint density at radius 3 is 2.92 bits per heavy atom. The number of pyridine rings is 1. The van der Waals surface area contributed by atoms with Crippen molar-refractivity contribution >= 4 is 16.9 Å². The summed E-state index contributed by atoms with van der Waals surface area (Å²) in [6.45, 7) is 2.05. The van der Waals surface area contributed by atoms with Gasteiger partial charge in [-0.25, -0.2) is 15.0 Å². The number of rotatable bonds is 1. The van der Waals surface area contributed by atoms with Crippen LogP contribution in [-0.2, 0) is 6.42 Å². The molecule has 4 heteroatoms. The van der Waals surface area contributed by atoms with Crippen LogP contribution in [0.1, 0.15) is 12.6 Å². The van der Waals surface area contributed by atoms with Crippen LogP contribution in [-0.4, -0.2) is 15.0 Å². The summed E-state index contributed by atoms with van der Waals surface area (Å²) in [7, 11) is 0. The third-order valence-electron chi connectivity index (χ3n) is 1.95. The van der Waals surface area contributed by atoms with Crippen LogP contribution in [0.25, 0.3) is 11.0 Å². The summed E-state index contributed by atoms with van der Waals surface area (Å²) in [5.41, 5.74) is 7.35. The van der Waals surface area contributed by atoms with Crippen molar-refractivity contribution < 1.29 is 0 Å². The molecule has 0 radical (unpaired) electrons. The molecule has 2 aromatic rings. The van der Waals surface area contributed by atoms with Gasteiger partial charge in [-0.05, 0) is 18.6 Å². The lowest BCUT2D eigenvalue weighted by molar-refractivity contribution is 1.04. The van der Waals surface area contributed by atoms with Gasteiger partial charge in [0.2, 0.25) is 0 Å². The van der Waals surface area contributed by atoms with Crippen LogP contribution >= 0.6 is 0 Å². The molecule has 0 aromatic carbocycles. The molecule has 0 aliphatic rings. The Labute approximate surface area is 75.8 Å². The number of anilines is 1. The van der Waals surface area contributed by atoms with Crippen LogP contribution < -0.4 is 5.73 Å². The van der Waals surface area contributed by atoms with Crippen molar-refractivity contribution in [1.29, 1.82) is 0 Å². The van der Waals surface area contributed by atoms with Crippen molar-refractivity contribution in [3.63, 3.8) is 0 Å². The quantitative estimate of drug-likeness (QED) is 0.704. The zero-order chi connectivity index (χ0) is 9.26. The first-order valence-electron chi connectivity index (χ1n) is 4.17. The molecule has 13 heavy (non-hydrogen) atoms. The van der Waals surface area contributed by atoms with Gasteiger partial charge in [0.15, 0.2) is 5.65 Å². The lowest BCUT2D eigenvalue weighted by atomic mass is 10.2. The molecule has 2 aromatic heterocycles. The topological polar surface area (TPSA) is 64.7 Å². The number of fused-ring (bicyclic) bond motifs is 1. The molecule has 0 aliphatic carbocycles. The first kappa shape index (κ1) is 7.91. The van der Waals surface area contributed by atoms with Gasteiger partial charge in [0.25, 0.3) is 0 Å². The lowest BCUT2D eigenvalue weighted by Crippen LogP contribution is -1.96. The van der Waals surface area contributed by atoms with Crippen molar-refractivity contribution in [3.05, 3.63) is 24.2 Å². The average molecular weight is 174 g/mol. The smallest absolute Gasteiger partial charge is 0.164 e. The molecule has 0 saturated carbocycles. The minimum Gasteiger partial charge on any atom is -0.383 e. The highest BCUT2D eigenvalue weighted by molar-refractivity contribution is 5.84. The molecule has 0 amide bonds. The van der Waals surface area contributed by atoms with Gasteiger partial charge in [-0.3, -0.25) is 0 Å². The Morgan fingerprint density at radius 1 is 1.31 bits per heavy atom. The van der Waals surface area contributed by atoms with E-state index in [4.69, 9.17) is 5.73 Å². The maximum atomic E-state index is 5.66. The van der Waals surface area contributed by atoms with Gasteiger partial charge < -0.3 is 5.73 Å². The molecule has 0 bridgehead atoms. The third-order valence-corrected chi connectivity index (χ3v) is 1.95. The fourth-order valence-electron chi connectivity index (χ4n) is 1.20. The number of nitrogen functional groups attached to an aromatic ring is 1. The first-order valence-corrected chi connectivity index (χ1v) is 4.17. The zero-order valence-electron chi connectivity index (χ0n) is 7.36. The Hall–Kier alpha value is -1.71. The van der Waals surface area contributed by atoms with Gasteiger partial charge in [0.1, 0.15) is 12.1 Å². The molecule has 0 saturated heterocycles. The summed E-state index contributed by atoms with van der Waals surface area (Å²) >= 11 is 0. The summed E-state index contributed by atoms with van der Waals surface area (Å²) in [6.07, 6.45) is 2.34. The van der Waals surface area contributed by atoms with E-state index in [-0.39, 0.29) is 0 Å². The highest BCUT2D eigenvalue weighted by Crippen LogP contribution is 2.14. The molecule has 0 unspecified atom stereocenters. The lowest BCUT2D eigenvalue weighted by Gasteiger charge is -2.00. The van der Waals surface area contributed by atoms with E-state index in [9.17, 15) is 0 Å². The SMILES string of the molecule is CCc1ccc2c(N)ncnc2n1. The molecule has 2 rings (SSSR count). The van der Waals surface area contributed by atoms with Gasteiger partial charge in [0, 0.05) is 5.69 Å². The Morgan fingerprint density at radius 2 is 2.15 bits per heavy atom. The van der Waals surface area contributed by atoms with Crippen molar-refractivity contribution in [3.8, 4) is 0 Å². The van der Waals surface area contributed by atoms with Gasteiger partial charge >= 0.3 is 0 Å². The first-order chi connectivity index (χ1) is 6.31. The van der Waals surface area contributed by atoms with Gasteiger partial charge in [-0.1, -0.05) is 6.92 Å². The number of hydrogen-bond donors (Lipinski definition) is 1. The van der Waals surface area contributed by atoms with Crippen LogP contribution in [0.3, 0.4) is 0 Å². The summed E-state index contributed by atoms with van der Waals surface area (Å²) in [6, 6.07) is 3.86. The second-order valence-electron chi connectivity index (χ2n) is 2.79. The minimum atomic E-state index is 0.486. The van der Waals surface area contributed by atoms with Gasteiger partial charge in [-0.2, -0.15) is 0 Å². The standard InChI is InChI=1S/C9H10N4/c1-2-6-3-4-7-8(10)11-5-12-9(7)13-6/h3-5H,2H2,1H3,(H2,10,11,12,13). The fraction of sp³-hybridized carbons (Fsp3) is 0.222. The average Bonchev–Trinajstić information content (AvgIpc) is 2.18. The number of hydrogen-bond acceptors (Lipinski definition) is 4. The number of aryl methyl sites for hydroxylation is 1. The van der Waals surface area contributed by atoms with E-state index >= 15 is 0 Å².